The molecule has 0 aliphatic rings. The molecule has 4 N–H and O–H groups in total. The molecule has 7 heteroatoms. The Bertz CT molecular complexity index is 223. The number of nitrogens with zero attached hydrogens (tertiary/aromatic N) is 1. The Morgan fingerprint density at radius 1 is 1.21 bits per heavy atom. The number of rotatable bonds is 4. The fourth-order valence-corrected chi connectivity index (χ4v) is 0.703. The monoisotopic (exact) mass is 206 g/mol. The minimum absolute atomic E-state index is 0.123. The summed E-state index contributed by atoms with van der Waals surface area (Å²) in [7, 11) is 5.29. The largest absolute Gasteiger partial charge is 0.439 e. The lowest BCUT2D eigenvalue weighted by Crippen LogP contribution is -2.51. The molecule has 0 heterocycles. The summed E-state index contributed by atoms with van der Waals surface area (Å²) in [5, 5.41) is 0. The zero-order valence-electron chi connectivity index (χ0n) is 8.52. The normalized spacial score (nSPS) is 13.1. The van der Waals surface area contributed by atoms with Gasteiger partial charge in [-0.1, -0.05) is 0 Å². The molecule has 0 saturated carbocycles. The van der Waals surface area contributed by atoms with Crippen LogP contribution in [0, 0.1) is 0 Å². The quantitative estimate of drug-likeness (QED) is 0.464. The second-order valence-electron chi connectivity index (χ2n) is 3.64. The van der Waals surface area contributed by atoms with Gasteiger partial charge in [0.2, 0.25) is 0 Å². The lowest BCUT2D eigenvalue weighted by Gasteiger charge is -2.31. The molecule has 0 fully saturated rings. The van der Waals surface area contributed by atoms with Crippen molar-refractivity contribution >= 4 is 12.2 Å². The van der Waals surface area contributed by atoms with Crippen LogP contribution < -0.4 is 11.5 Å². The summed E-state index contributed by atoms with van der Waals surface area (Å²) in [6.45, 7) is -0.123. The molecular formula is C7H16N3O4+. The molecule has 0 rings (SSSR count). The third kappa shape index (κ3) is 5.20. The maximum Gasteiger partial charge on any atom is 0.409 e. The Labute approximate surface area is 82.1 Å². The van der Waals surface area contributed by atoms with Crippen LogP contribution in [0.1, 0.15) is 0 Å². The number of amides is 2. The smallest absolute Gasteiger partial charge is 0.409 e. The van der Waals surface area contributed by atoms with E-state index in [4.69, 9.17) is 16.2 Å². The molecule has 0 radical (unpaired) electrons. The molecule has 82 valence electrons. The van der Waals surface area contributed by atoms with Crippen molar-refractivity contribution < 1.29 is 23.5 Å². The van der Waals surface area contributed by atoms with E-state index >= 15 is 0 Å². The molecule has 0 aromatic rings. The average molecular weight is 206 g/mol. The zero-order chi connectivity index (χ0) is 11.4. The third-order valence-electron chi connectivity index (χ3n) is 1.48. The molecule has 0 bridgehead atoms. The van der Waals surface area contributed by atoms with Crippen LogP contribution in [-0.2, 0) is 9.47 Å². The summed E-state index contributed by atoms with van der Waals surface area (Å²) in [6, 6.07) is 0. The Balaban J connectivity index is 4.26. The molecule has 14 heavy (non-hydrogen) atoms. The van der Waals surface area contributed by atoms with E-state index in [1.54, 1.807) is 21.1 Å². The van der Waals surface area contributed by atoms with Gasteiger partial charge in [-0.25, -0.2) is 9.59 Å². The number of nitrogens with two attached hydrogens (primary N) is 2. The average Bonchev–Trinajstić information content (AvgIpc) is 1.94. The summed E-state index contributed by atoms with van der Waals surface area (Å²) < 4.78 is 9.53. The van der Waals surface area contributed by atoms with Gasteiger partial charge in [0, 0.05) is 0 Å². The van der Waals surface area contributed by atoms with Crippen LogP contribution in [0.4, 0.5) is 9.59 Å². The summed E-state index contributed by atoms with van der Waals surface area (Å²) in [4.78, 5) is 20.9. The van der Waals surface area contributed by atoms with E-state index in [1.807, 2.05) is 0 Å². The van der Waals surface area contributed by atoms with Crippen LogP contribution in [0.5, 0.6) is 0 Å². The van der Waals surface area contributed by atoms with Crippen LogP contribution in [0.3, 0.4) is 0 Å². The second kappa shape index (κ2) is 4.66. The van der Waals surface area contributed by atoms with E-state index in [2.05, 4.69) is 4.74 Å². The number of hydrogen-bond donors (Lipinski definition) is 2. The van der Waals surface area contributed by atoms with E-state index < -0.39 is 18.4 Å². The van der Waals surface area contributed by atoms with Crippen molar-refractivity contribution in [2.45, 2.75) is 6.23 Å². The predicted octanol–water partition coefficient (Wildman–Crippen LogP) is -0.791. The highest BCUT2D eigenvalue weighted by atomic mass is 16.6. The van der Waals surface area contributed by atoms with E-state index in [0.29, 0.717) is 0 Å². The van der Waals surface area contributed by atoms with Crippen LogP contribution in [0.25, 0.3) is 0 Å². The number of carbonyl (C=O) groups excluding carboxylic acids is 2. The molecule has 0 aliphatic carbocycles. The summed E-state index contributed by atoms with van der Waals surface area (Å²) in [5.74, 6) is 0. The van der Waals surface area contributed by atoms with Crippen LogP contribution in [0.15, 0.2) is 0 Å². The van der Waals surface area contributed by atoms with Crippen LogP contribution in [0.2, 0.25) is 0 Å². The minimum atomic E-state index is -0.920. The number of carbonyl (C=O) groups is 2. The van der Waals surface area contributed by atoms with Gasteiger partial charge in [-0.2, -0.15) is 0 Å². The van der Waals surface area contributed by atoms with E-state index in [1.165, 1.54) is 0 Å². The van der Waals surface area contributed by atoms with E-state index in [0.717, 1.165) is 0 Å². The van der Waals surface area contributed by atoms with Gasteiger partial charge in [-0.15, -0.1) is 0 Å². The highest BCUT2D eigenvalue weighted by molar-refractivity contribution is 5.65. The summed E-state index contributed by atoms with van der Waals surface area (Å²) in [5.41, 5.74) is 9.63. The van der Waals surface area contributed by atoms with Crippen molar-refractivity contribution in [1.82, 2.24) is 0 Å². The Kier molecular flexibility index (Phi) is 4.16. The van der Waals surface area contributed by atoms with Gasteiger partial charge in [-0.05, 0) is 0 Å². The van der Waals surface area contributed by atoms with Crippen LogP contribution in [-0.4, -0.2) is 50.6 Å². The lowest BCUT2D eigenvalue weighted by atomic mass is 10.4. The van der Waals surface area contributed by atoms with Gasteiger partial charge < -0.3 is 20.9 Å². The molecule has 2 amide bonds. The maximum absolute atomic E-state index is 10.5. The second-order valence-corrected chi connectivity index (χ2v) is 3.64. The number of quaternary nitrogens is 1. The van der Waals surface area contributed by atoms with Crippen LogP contribution >= 0.6 is 0 Å². The van der Waals surface area contributed by atoms with Gasteiger partial charge in [0.1, 0.15) is 0 Å². The van der Waals surface area contributed by atoms with Gasteiger partial charge in [0.15, 0.2) is 6.61 Å². The highest BCUT2D eigenvalue weighted by Crippen LogP contribution is 2.05. The Morgan fingerprint density at radius 3 is 2.00 bits per heavy atom. The molecule has 1 unspecified atom stereocenters. The summed E-state index contributed by atoms with van der Waals surface area (Å²) in [6.07, 6.45) is -2.51. The first-order valence-corrected chi connectivity index (χ1v) is 3.93. The van der Waals surface area contributed by atoms with Crippen molar-refractivity contribution in [3.63, 3.8) is 0 Å². The molecule has 0 saturated heterocycles. The summed E-state index contributed by atoms with van der Waals surface area (Å²) >= 11 is 0. The highest BCUT2D eigenvalue weighted by Gasteiger charge is 2.28. The minimum Gasteiger partial charge on any atom is -0.439 e. The number of primary amides is 2. The van der Waals surface area contributed by atoms with E-state index in [-0.39, 0.29) is 11.1 Å². The number of ether oxygens (including phenoxy) is 2. The molecule has 7 nitrogen and oxygen atoms in total. The van der Waals surface area contributed by atoms with Gasteiger partial charge >= 0.3 is 12.2 Å². The first kappa shape index (κ1) is 12.5. The van der Waals surface area contributed by atoms with E-state index in [9.17, 15) is 9.59 Å². The molecule has 1 atom stereocenters. The van der Waals surface area contributed by atoms with Crippen molar-refractivity contribution in [2.75, 3.05) is 27.7 Å². The van der Waals surface area contributed by atoms with Crippen molar-refractivity contribution in [2.24, 2.45) is 11.5 Å². The first-order chi connectivity index (χ1) is 6.23. The third-order valence-corrected chi connectivity index (χ3v) is 1.48. The standard InChI is InChI=1S/C7H15N3O4/c1-10(2,3)5(14-7(9)12)4-13-6(8)11/h5H,4H2,1-3H3,(H3-,8,9,11,12)/p+1. The van der Waals surface area contributed by atoms with Gasteiger partial charge in [0.25, 0.3) is 6.23 Å². The molecule has 0 aromatic heterocycles. The Morgan fingerprint density at radius 2 is 1.71 bits per heavy atom. The Hall–Kier alpha value is -1.50. The molecule has 0 aliphatic heterocycles. The molecular weight excluding hydrogens is 190 g/mol. The topological polar surface area (TPSA) is 105 Å². The van der Waals surface area contributed by atoms with Crippen molar-refractivity contribution in [3.8, 4) is 0 Å². The van der Waals surface area contributed by atoms with Gasteiger partial charge in [-0.3, -0.25) is 4.48 Å². The number of hydrogen-bond acceptors (Lipinski definition) is 4. The fourth-order valence-electron chi connectivity index (χ4n) is 0.703. The predicted molar refractivity (Wildman–Crippen MR) is 48.0 cm³/mol. The van der Waals surface area contributed by atoms with Gasteiger partial charge in [0.05, 0.1) is 21.1 Å². The maximum atomic E-state index is 10.5. The van der Waals surface area contributed by atoms with Crippen molar-refractivity contribution in [3.05, 3.63) is 0 Å². The lowest BCUT2D eigenvalue weighted by molar-refractivity contribution is -0.916. The molecule has 0 aromatic carbocycles. The molecule has 0 spiro atoms. The fraction of sp³-hybridized carbons (Fsp3) is 0.714. The number of likely N-dealkylation sites (N-methyl/N-ethyl adjacent to an activating group) is 1. The zero-order valence-corrected chi connectivity index (χ0v) is 8.52. The van der Waals surface area contributed by atoms with Crippen molar-refractivity contribution in [1.29, 1.82) is 0 Å². The first-order valence-electron chi connectivity index (χ1n) is 3.93. The SMILES string of the molecule is C[N+](C)(C)C(COC(N)=O)OC(N)=O.